The molecule has 5 heteroatoms. The topological polar surface area (TPSA) is 56.2 Å². The summed E-state index contributed by atoms with van der Waals surface area (Å²) in [4.78, 5) is 4.29. The van der Waals surface area contributed by atoms with Gasteiger partial charge in [0, 0.05) is 11.3 Å². The monoisotopic (exact) mass is 228 g/mol. The number of aromatic nitrogens is 3. The van der Waals surface area contributed by atoms with Crippen LogP contribution in [0.25, 0.3) is 17.0 Å². The number of rotatable bonds is 1. The Hall–Kier alpha value is -2.43. The fourth-order valence-corrected chi connectivity index (χ4v) is 1.66. The second-order valence-electron chi connectivity index (χ2n) is 3.71. The first-order valence-corrected chi connectivity index (χ1v) is 5.10. The third kappa shape index (κ3) is 1.71. The predicted octanol–water partition coefficient (Wildman–Crippen LogP) is 2.12. The maximum Gasteiger partial charge on any atom is 0.182 e. The van der Waals surface area contributed by atoms with Crippen LogP contribution in [-0.4, -0.2) is 14.6 Å². The standard InChI is InChI=1S/C12H9FN4/c13-9-4-5-11-15-12(16-17(11)7-9)8-2-1-3-10(14)6-8/h1-7H,14H2. The van der Waals surface area contributed by atoms with Gasteiger partial charge in [0.1, 0.15) is 5.82 Å². The highest BCUT2D eigenvalue weighted by Gasteiger charge is 2.06. The van der Waals surface area contributed by atoms with E-state index in [1.54, 1.807) is 18.2 Å². The van der Waals surface area contributed by atoms with Gasteiger partial charge in [-0.3, -0.25) is 0 Å². The Labute approximate surface area is 96.5 Å². The molecule has 2 heterocycles. The second-order valence-corrected chi connectivity index (χ2v) is 3.71. The lowest BCUT2D eigenvalue weighted by Crippen LogP contribution is -1.89. The van der Waals surface area contributed by atoms with E-state index in [0.717, 1.165) is 5.56 Å². The highest BCUT2D eigenvalue weighted by molar-refractivity contribution is 5.62. The largest absolute Gasteiger partial charge is 0.399 e. The molecule has 0 amide bonds. The number of nitrogen functional groups attached to an aromatic ring is 1. The minimum Gasteiger partial charge on any atom is -0.399 e. The number of hydrogen-bond donors (Lipinski definition) is 1. The molecule has 2 N–H and O–H groups in total. The van der Waals surface area contributed by atoms with Crippen molar-refractivity contribution in [1.29, 1.82) is 0 Å². The van der Waals surface area contributed by atoms with E-state index in [1.807, 2.05) is 12.1 Å². The molecule has 3 aromatic rings. The molecule has 0 unspecified atom stereocenters. The van der Waals surface area contributed by atoms with Crippen molar-refractivity contribution in [3.8, 4) is 11.4 Å². The highest BCUT2D eigenvalue weighted by Crippen LogP contribution is 2.18. The van der Waals surface area contributed by atoms with Crippen LogP contribution in [0.2, 0.25) is 0 Å². The minimum absolute atomic E-state index is 0.346. The van der Waals surface area contributed by atoms with Crippen molar-refractivity contribution in [2.45, 2.75) is 0 Å². The molecule has 0 atom stereocenters. The number of nitrogens with zero attached hydrogens (tertiary/aromatic N) is 3. The molecule has 84 valence electrons. The molecule has 0 aliphatic rings. The van der Waals surface area contributed by atoms with Gasteiger partial charge in [-0.1, -0.05) is 12.1 Å². The summed E-state index contributed by atoms with van der Waals surface area (Å²) >= 11 is 0. The van der Waals surface area contributed by atoms with Crippen molar-refractivity contribution in [3.05, 3.63) is 48.4 Å². The van der Waals surface area contributed by atoms with E-state index in [9.17, 15) is 4.39 Å². The molecular weight excluding hydrogens is 219 g/mol. The van der Waals surface area contributed by atoms with Crippen molar-refractivity contribution in [1.82, 2.24) is 14.6 Å². The summed E-state index contributed by atoms with van der Waals surface area (Å²) < 4.78 is 14.4. The molecule has 4 nitrogen and oxygen atoms in total. The Kier molecular flexibility index (Phi) is 2.04. The van der Waals surface area contributed by atoms with Crippen molar-refractivity contribution >= 4 is 11.3 Å². The quantitative estimate of drug-likeness (QED) is 0.649. The smallest absolute Gasteiger partial charge is 0.182 e. The van der Waals surface area contributed by atoms with Crippen LogP contribution < -0.4 is 5.73 Å². The van der Waals surface area contributed by atoms with Crippen LogP contribution in [0.5, 0.6) is 0 Å². The minimum atomic E-state index is -0.346. The summed E-state index contributed by atoms with van der Waals surface area (Å²) in [6, 6.07) is 10.2. The molecule has 0 fully saturated rings. The normalized spacial score (nSPS) is 10.9. The van der Waals surface area contributed by atoms with E-state index in [0.29, 0.717) is 17.2 Å². The first-order chi connectivity index (χ1) is 8.22. The van der Waals surface area contributed by atoms with Crippen LogP contribution in [0.1, 0.15) is 0 Å². The zero-order valence-corrected chi connectivity index (χ0v) is 8.84. The van der Waals surface area contributed by atoms with Crippen LogP contribution in [-0.2, 0) is 0 Å². The van der Waals surface area contributed by atoms with Gasteiger partial charge in [-0.25, -0.2) is 13.9 Å². The lowest BCUT2D eigenvalue weighted by Gasteiger charge is -1.95. The molecule has 2 aromatic heterocycles. The Balaban J connectivity index is 2.18. The molecule has 0 saturated heterocycles. The highest BCUT2D eigenvalue weighted by atomic mass is 19.1. The number of pyridine rings is 1. The summed E-state index contributed by atoms with van der Waals surface area (Å²) in [6.45, 7) is 0. The van der Waals surface area contributed by atoms with Gasteiger partial charge in [0.2, 0.25) is 0 Å². The van der Waals surface area contributed by atoms with Gasteiger partial charge in [-0.2, -0.15) is 0 Å². The van der Waals surface area contributed by atoms with E-state index >= 15 is 0 Å². The van der Waals surface area contributed by atoms with E-state index in [1.165, 1.54) is 16.8 Å². The van der Waals surface area contributed by atoms with Gasteiger partial charge in [-0.05, 0) is 24.3 Å². The molecule has 0 radical (unpaired) electrons. The summed E-state index contributed by atoms with van der Waals surface area (Å²) in [5, 5.41) is 4.19. The van der Waals surface area contributed by atoms with Gasteiger partial charge in [-0.15, -0.1) is 5.10 Å². The molecule has 0 aliphatic heterocycles. The van der Waals surface area contributed by atoms with Crippen LogP contribution in [0.4, 0.5) is 10.1 Å². The Morgan fingerprint density at radius 1 is 1.18 bits per heavy atom. The molecule has 0 spiro atoms. The molecule has 0 aliphatic carbocycles. The Bertz CT molecular complexity index is 690. The van der Waals surface area contributed by atoms with Gasteiger partial charge in [0.25, 0.3) is 0 Å². The fraction of sp³-hybridized carbons (Fsp3) is 0. The fourth-order valence-electron chi connectivity index (χ4n) is 1.66. The van der Waals surface area contributed by atoms with Crippen molar-refractivity contribution < 1.29 is 4.39 Å². The second kappa shape index (κ2) is 3.55. The van der Waals surface area contributed by atoms with Gasteiger partial charge >= 0.3 is 0 Å². The SMILES string of the molecule is Nc1cccc(-c2nc3ccc(F)cn3n2)c1. The third-order valence-corrected chi connectivity index (χ3v) is 2.44. The van der Waals surface area contributed by atoms with Gasteiger partial charge in [0.05, 0.1) is 6.20 Å². The zero-order chi connectivity index (χ0) is 11.8. The Morgan fingerprint density at radius 2 is 2.06 bits per heavy atom. The maximum absolute atomic E-state index is 13.0. The molecule has 3 rings (SSSR count). The Morgan fingerprint density at radius 3 is 2.88 bits per heavy atom. The number of benzene rings is 1. The van der Waals surface area contributed by atoms with E-state index in [4.69, 9.17) is 5.73 Å². The van der Waals surface area contributed by atoms with E-state index in [-0.39, 0.29) is 5.82 Å². The zero-order valence-electron chi connectivity index (χ0n) is 8.84. The molecule has 0 saturated carbocycles. The summed E-state index contributed by atoms with van der Waals surface area (Å²) in [5.74, 6) is 0.185. The number of fused-ring (bicyclic) bond motifs is 1. The lowest BCUT2D eigenvalue weighted by molar-refractivity contribution is 0.615. The van der Waals surface area contributed by atoms with Crippen LogP contribution in [0.15, 0.2) is 42.6 Å². The lowest BCUT2D eigenvalue weighted by atomic mass is 10.2. The predicted molar refractivity (Wildman–Crippen MR) is 62.8 cm³/mol. The molecular formula is C12H9FN4. The third-order valence-electron chi connectivity index (χ3n) is 2.44. The van der Waals surface area contributed by atoms with Gasteiger partial charge in [0.15, 0.2) is 11.5 Å². The first-order valence-electron chi connectivity index (χ1n) is 5.10. The summed E-state index contributed by atoms with van der Waals surface area (Å²) in [6.07, 6.45) is 1.29. The van der Waals surface area contributed by atoms with Gasteiger partial charge < -0.3 is 5.73 Å². The molecule has 0 bridgehead atoms. The summed E-state index contributed by atoms with van der Waals surface area (Å²) in [7, 11) is 0. The average Bonchev–Trinajstić information content (AvgIpc) is 2.72. The van der Waals surface area contributed by atoms with E-state index in [2.05, 4.69) is 10.1 Å². The average molecular weight is 228 g/mol. The maximum atomic E-state index is 13.0. The molecule has 17 heavy (non-hydrogen) atoms. The molecule has 1 aromatic carbocycles. The number of anilines is 1. The van der Waals surface area contributed by atoms with Crippen LogP contribution in [0, 0.1) is 5.82 Å². The number of nitrogens with two attached hydrogens (primary N) is 1. The summed E-state index contributed by atoms with van der Waals surface area (Å²) in [5.41, 5.74) is 7.75. The first kappa shape index (κ1) is 9.77. The number of hydrogen-bond acceptors (Lipinski definition) is 3. The van der Waals surface area contributed by atoms with Crippen LogP contribution in [0.3, 0.4) is 0 Å². The van der Waals surface area contributed by atoms with Crippen molar-refractivity contribution in [3.63, 3.8) is 0 Å². The van der Waals surface area contributed by atoms with Crippen molar-refractivity contribution in [2.24, 2.45) is 0 Å². The number of halogens is 1. The van der Waals surface area contributed by atoms with Crippen LogP contribution >= 0.6 is 0 Å². The van der Waals surface area contributed by atoms with E-state index < -0.39 is 0 Å². The van der Waals surface area contributed by atoms with Crippen molar-refractivity contribution in [2.75, 3.05) is 5.73 Å².